The Morgan fingerprint density at radius 2 is 0.929 bits per heavy atom. The van der Waals surface area contributed by atoms with Crippen molar-refractivity contribution in [2.45, 2.75) is 24.7 Å². The molecule has 0 aliphatic heterocycles. The van der Waals surface area contributed by atoms with Gasteiger partial charge in [-0.25, -0.2) is 0 Å². The van der Waals surface area contributed by atoms with Gasteiger partial charge >= 0.3 is 0 Å². The Morgan fingerprint density at radius 3 is 1.21 bits per heavy atom. The van der Waals surface area contributed by atoms with Crippen LogP contribution >= 0.6 is 0 Å². The monoisotopic (exact) mass is 396 g/mol. The van der Waals surface area contributed by atoms with Gasteiger partial charge in [0, 0.05) is 16.2 Å². The minimum atomic E-state index is -1.67. The molecule has 2 nitrogen and oxygen atoms in total. The summed E-state index contributed by atoms with van der Waals surface area (Å²) in [6.07, 6.45) is 0.562. The average Bonchev–Trinajstić information content (AvgIpc) is 2.74. The molecule has 0 heterocycles. The Morgan fingerprint density at radius 1 is 0.607 bits per heavy atom. The van der Waals surface area contributed by atoms with Crippen molar-refractivity contribution in [3.63, 3.8) is 0 Å². The van der Waals surface area contributed by atoms with E-state index in [1.165, 1.54) is 48.5 Å². The van der Waals surface area contributed by atoms with Gasteiger partial charge < -0.3 is 10.2 Å². The number of alkyl halides is 4. The fourth-order valence-electron chi connectivity index (χ4n) is 5.26. The average molecular weight is 396 g/mol. The van der Waals surface area contributed by atoms with Crippen LogP contribution < -0.4 is 0 Å². The number of rotatable bonds is 6. The van der Waals surface area contributed by atoms with E-state index in [0.29, 0.717) is 17.5 Å². The zero-order valence-corrected chi connectivity index (χ0v) is 15.5. The highest BCUT2D eigenvalue weighted by Crippen LogP contribution is 2.65. The van der Waals surface area contributed by atoms with Crippen molar-refractivity contribution >= 4 is 0 Å². The summed E-state index contributed by atoms with van der Waals surface area (Å²) in [5.74, 6) is -0.116. The van der Waals surface area contributed by atoms with E-state index >= 15 is 0 Å². The van der Waals surface area contributed by atoms with Crippen LogP contribution in [0.5, 0.6) is 11.5 Å². The van der Waals surface area contributed by atoms with Gasteiger partial charge in [-0.05, 0) is 48.2 Å². The Hall–Kier alpha value is -2.24. The van der Waals surface area contributed by atoms with E-state index in [0.717, 1.165) is 0 Å². The lowest BCUT2D eigenvalue weighted by Crippen LogP contribution is -2.64. The molecule has 0 spiro atoms. The number of halogens is 4. The topological polar surface area (TPSA) is 40.5 Å². The third-order valence-corrected chi connectivity index (χ3v) is 6.53. The largest absolute Gasteiger partial charge is 0.508 e. The van der Waals surface area contributed by atoms with Gasteiger partial charge in [0.05, 0.1) is 26.7 Å². The highest BCUT2D eigenvalue weighted by Gasteiger charge is 2.66. The Labute approximate surface area is 161 Å². The van der Waals surface area contributed by atoms with Crippen molar-refractivity contribution < 1.29 is 27.8 Å². The third kappa shape index (κ3) is 2.68. The van der Waals surface area contributed by atoms with E-state index < -0.39 is 42.9 Å². The smallest absolute Gasteiger partial charge is 0.115 e. The molecule has 2 N–H and O–H groups in total. The summed E-state index contributed by atoms with van der Waals surface area (Å²) >= 11 is 0. The van der Waals surface area contributed by atoms with Crippen LogP contribution in [0, 0.1) is 10.8 Å². The predicted molar refractivity (Wildman–Crippen MR) is 99.6 cm³/mol. The van der Waals surface area contributed by atoms with E-state index in [4.69, 9.17) is 0 Å². The van der Waals surface area contributed by atoms with Gasteiger partial charge in [0.2, 0.25) is 0 Å². The molecule has 2 aromatic carbocycles. The summed E-state index contributed by atoms with van der Waals surface area (Å²) in [7, 11) is 0. The van der Waals surface area contributed by atoms with Crippen LogP contribution in [0.2, 0.25) is 0 Å². The van der Waals surface area contributed by atoms with Gasteiger partial charge in [-0.15, -0.1) is 0 Å². The molecule has 1 aliphatic carbocycles. The van der Waals surface area contributed by atoms with E-state index in [1.54, 1.807) is 0 Å². The molecule has 0 radical (unpaired) electrons. The highest BCUT2D eigenvalue weighted by atomic mass is 19.1. The molecule has 1 fully saturated rings. The second-order valence-electron chi connectivity index (χ2n) is 7.79. The van der Waals surface area contributed by atoms with Crippen LogP contribution in [0.15, 0.2) is 48.5 Å². The van der Waals surface area contributed by atoms with E-state index in [9.17, 15) is 27.8 Å². The summed E-state index contributed by atoms with van der Waals surface area (Å²) in [4.78, 5) is 0. The minimum absolute atomic E-state index is 0.0578. The molecular formula is C22H24F4O2. The first kappa shape index (κ1) is 20.5. The van der Waals surface area contributed by atoms with Crippen LogP contribution in [0.25, 0.3) is 0 Å². The Bertz CT molecular complexity index is 714. The van der Waals surface area contributed by atoms with Crippen molar-refractivity contribution in [2.75, 3.05) is 26.7 Å². The molecule has 0 unspecified atom stereocenters. The first-order valence-electron chi connectivity index (χ1n) is 9.28. The van der Waals surface area contributed by atoms with Gasteiger partial charge in [0.15, 0.2) is 0 Å². The van der Waals surface area contributed by atoms with E-state index in [1.807, 2.05) is 0 Å². The Kier molecular flexibility index (Phi) is 5.60. The molecule has 28 heavy (non-hydrogen) atoms. The molecule has 0 amide bonds. The standard InChI is InChI=1S/C22H24F4O2/c23-12-20(13-24)10-1-11-21(14-25,15-26)22(20,16-2-6-18(27)7-3-16)17-4-8-19(28)9-5-17/h2-9,27-28H,1,10-15H2. The Balaban J connectivity index is 2.46. The molecular weight excluding hydrogens is 372 g/mol. The molecule has 3 rings (SSSR count). The van der Waals surface area contributed by atoms with Crippen molar-refractivity contribution in [1.29, 1.82) is 0 Å². The van der Waals surface area contributed by atoms with Crippen molar-refractivity contribution in [3.05, 3.63) is 59.7 Å². The number of hydrogen-bond donors (Lipinski definition) is 2. The summed E-state index contributed by atoms with van der Waals surface area (Å²) in [6, 6.07) is 11.3. The third-order valence-electron chi connectivity index (χ3n) is 6.53. The molecule has 6 heteroatoms. The molecule has 0 saturated heterocycles. The molecule has 1 aliphatic rings. The first-order valence-corrected chi connectivity index (χ1v) is 9.28. The summed E-state index contributed by atoms with van der Waals surface area (Å²) in [5.41, 5.74) is -4.29. The van der Waals surface area contributed by atoms with Gasteiger partial charge in [-0.2, -0.15) is 0 Å². The highest BCUT2D eigenvalue weighted by molar-refractivity contribution is 5.49. The van der Waals surface area contributed by atoms with Crippen LogP contribution in [0.1, 0.15) is 30.4 Å². The fraction of sp³-hybridized carbons (Fsp3) is 0.455. The number of aromatic hydroxyl groups is 2. The second kappa shape index (κ2) is 7.64. The van der Waals surface area contributed by atoms with Crippen molar-refractivity contribution in [2.24, 2.45) is 10.8 Å². The van der Waals surface area contributed by atoms with Gasteiger partial charge in [0.25, 0.3) is 0 Å². The zero-order chi connectivity index (χ0) is 20.4. The zero-order valence-electron chi connectivity index (χ0n) is 15.5. The maximum Gasteiger partial charge on any atom is 0.115 e. The lowest BCUT2D eigenvalue weighted by molar-refractivity contribution is -0.0896. The van der Waals surface area contributed by atoms with Crippen LogP contribution in [0.3, 0.4) is 0 Å². The predicted octanol–water partition coefficient (Wildman–Crippen LogP) is 5.42. The maximum absolute atomic E-state index is 14.6. The van der Waals surface area contributed by atoms with Crippen LogP contribution in [0.4, 0.5) is 17.6 Å². The maximum atomic E-state index is 14.6. The normalized spacial score (nSPS) is 20.0. The first-order chi connectivity index (χ1) is 13.4. The van der Waals surface area contributed by atoms with Gasteiger partial charge in [0.1, 0.15) is 11.5 Å². The van der Waals surface area contributed by atoms with Gasteiger partial charge in [-0.3, -0.25) is 17.6 Å². The number of phenolic OH excluding ortho intramolecular Hbond substituents is 2. The minimum Gasteiger partial charge on any atom is -0.508 e. The lowest BCUT2D eigenvalue weighted by atomic mass is 9.42. The quantitative estimate of drug-likeness (QED) is 0.640. The summed E-state index contributed by atoms with van der Waals surface area (Å²) < 4.78 is 58.4. The number of phenols is 2. The summed E-state index contributed by atoms with van der Waals surface area (Å²) in [6.45, 7) is -4.36. The second-order valence-corrected chi connectivity index (χ2v) is 7.79. The summed E-state index contributed by atoms with van der Waals surface area (Å²) in [5, 5.41) is 19.4. The molecule has 0 bridgehead atoms. The molecule has 1 saturated carbocycles. The van der Waals surface area contributed by atoms with Crippen molar-refractivity contribution in [1.82, 2.24) is 0 Å². The molecule has 0 aromatic heterocycles. The number of hydrogen-bond acceptors (Lipinski definition) is 2. The van der Waals surface area contributed by atoms with Crippen molar-refractivity contribution in [3.8, 4) is 11.5 Å². The molecule has 152 valence electrons. The number of benzene rings is 2. The molecule has 0 atom stereocenters. The van der Waals surface area contributed by atoms with Crippen LogP contribution in [-0.4, -0.2) is 36.9 Å². The SMILES string of the molecule is Oc1ccc(C2(c3ccc(O)cc3)C(CF)(CF)CCCC2(CF)CF)cc1. The fourth-order valence-corrected chi connectivity index (χ4v) is 5.26. The van der Waals surface area contributed by atoms with E-state index in [-0.39, 0.29) is 24.3 Å². The molecule has 2 aromatic rings. The lowest BCUT2D eigenvalue weighted by Gasteiger charge is -2.61. The van der Waals surface area contributed by atoms with Gasteiger partial charge in [-0.1, -0.05) is 30.7 Å². The van der Waals surface area contributed by atoms with E-state index in [2.05, 4.69) is 0 Å². The van der Waals surface area contributed by atoms with Crippen LogP contribution in [-0.2, 0) is 5.41 Å².